The lowest BCUT2D eigenvalue weighted by molar-refractivity contribution is 0.0496. The molecule has 0 saturated carbocycles. The van der Waals surface area contributed by atoms with Crippen LogP contribution in [0.25, 0.3) is 0 Å². The smallest absolute Gasteiger partial charge is 0.0945 e. The highest BCUT2D eigenvalue weighted by Crippen LogP contribution is 2.35. The van der Waals surface area contributed by atoms with E-state index in [4.69, 9.17) is 27.9 Å². The molecule has 0 aliphatic carbocycles. The first-order chi connectivity index (χ1) is 8.06. The van der Waals surface area contributed by atoms with Crippen LogP contribution >= 0.6 is 39.1 Å². The molecule has 0 radical (unpaired) electrons. The van der Waals surface area contributed by atoms with E-state index >= 15 is 0 Å². The van der Waals surface area contributed by atoms with Gasteiger partial charge in [0.25, 0.3) is 0 Å². The zero-order valence-corrected chi connectivity index (χ0v) is 12.4. The van der Waals surface area contributed by atoms with E-state index in [2.05, 4.69) is 21.2 Å². The van der Waals surface area contributed by atoms with E-state index in [0.29, 0.717) is 35.5 Å². The van der Waals surface area contributed by atoms with Crippen LogP contribution in [-0.2, 0) is 4.74 Å². The van der Waals surface area contributed by atoms with Crippen LogP contribution in [0, 0.1) is 0 Å². The Labute approximate surface area is 119 Å². The number of nitrogens with one attached hydrogen (secondary N) is 1. The van der Waals surface area contributed by atoms with E-state index in [-0.39, 0.29) is 0 Å². The van der Waals surface area contributed by atoms with Crippen molar-refractivity contribution in [2.75, 3.05) is 25.1 Å². The molecule has 1 aromatic carbocycles. The van der Waals surface area contributed by atoms with Gasteiger partial charge in [0.1, 0.15) is 0 Å². The molecule has 3 nitrogen and oxygen atoms in total. The number of aliphatic hydroxyl groups excluding tert-OH is 1. The van der Waals surface area contributed by atoms with Gasteiger partial charge in [-0.2, -0.15) is 0 Å². The fourth-order valence-electron chi connectivity index (χ4n) is 1.20. The molecule has 0 spiro atoms. The maximum atomic E-state index is 9.58. The molecule has 17 heavy (non-hydrogen) atoms. The summed E-state index contributed by atoms with van der Waals surface area (Å²) >= 11 is 15.3. The number of benzene rings is 1. The van der Waals surface area contributed by atoms with E-state index in [9.17, 15) is 5.11 Å². The Kier molecular flexibility index (Phi) is 6.59. The third-order valence-corrected chi connectivity index (χ3v) is 3.85. The molecule has 0 saturated heterocycles. The summed E-state index contributed by atoms with van der Waals surface area (Å²) in [5, 5.41) is 13.5. The second-order valence-corrected chi connectivity index (χ2v) is 5.03. The molecule has 0 aliphatic heterocycles. The van der Waals surface area contributed by atoms with Crippen molar-refractivity contribution in [3.05, 3.63) is 26.7 Å². The van der Waals surface area contributed by atoms with Crippen molar-refractivity contribution >= 4 is 44.8 Å². The van der Waals surface area contributed by atoms with Crippen LogP contribution in [0.2, 0.25) is 10.0 Å². The predicted octanol–water partition coefficient (Wildman–Crippen LogP) is 3.57. The van der Waals surface area contributed by atoms with Crippen molar-refractivity contribution in [3.8, 4) is 0 Å². The van der Waals surface area contributed by atoms with Gasteiger partial charge in [-0.25, -0.2) is 0 Å². The summed E-state index contributed by atoms with van der Waals surface area (Å²) in [4.78, 5) is 0. The minimum Gasteiger partial charge on any atom is -0.389 e. The van der Waals surface area contributed by atoms with E-state index in [1.807, 2.05) is 6.92 Å². The Balaban J connectivity index is 2.55. The minimum absolute atomic E-state index is 0.297. The molecule has 0 heterocycles. The minimum atomic E-state index is -0.576. The van der Waals surface area contributed by atoms with Crippen LogP contribution < -0.4 is 5.32 Å². The lowest BCUT2D eigenvalue weighted by Crippen LogP contribution is -2.24. The number of ether oxygens (including phenoxy) is 1. The predicted molar refractivity (Wildman–Crippen MR) is 75.2 cm³/mol. The van der Waals surface area contributed by atoms with Crippen LogP contribution in [0.3, 0.4) is 0 Å². The zero-order chi connectivity index (χ0) is 12.8. The summed E-state index contributed by atoms with van der Waals surface area (Å²) in [7, 11) is 0. The standard InChI is InChI=1S/C11H14BrCl2NO2/c1-2-17-6-7(16)5-15-9-4-3-8(12)10(13)11(9)14/h3-4,7,15-16H,2,5-6H2,1H3. The molecular weight excluding hydrogens is 329 g/mol. The van der Waals surface area contributed by atoms with Gasteiger partial charge in [0.05, 0.1) is 28.4 Å². The summed E-state index contributed by atoms with van der Waals surface area (Å²) < 4.78 is 5.84. The van der Waals surface area contributed by atoms with E-state index < -0.39 is 6.10 Å². The summed E-state index contributed by atoms with van der Waals surface area (Å²) in [6.45, 7) is 3.12. The van der Waals surface area contributed by atoms with E-state index in [1.165, 1.54) is 0 Å². The molecule has 0 amide bonds. The van der Waals surface area contributed by atoms with E-state index in [1.54, 1.807) is 12.1 Å². The van der Waals surface area contributed by atoms with Crippen LogP contribution in [0.4, 0.5) is 5.69 Å². The zero-order valence-electron chi connectivity index (χ0n) is 9.34. The lowest BCUT2D eigenvalue weighted by atomic mass is 10.3. The average molecular weight is 343 g/mol. The Morgan fingerprint density at radius 2 is 2.12 bits per heavy atom. The fourth-order valence-corrected chi connectivity index (χ4v) is 2.04. The molecule has 0 bridgehead atoms. The molecule has 0 aliphatic rings. The Hall–Kier alpha value is -0.000000000000000111. The number of aliphatic hydroxyl groups is 1. The van der Waals surface area contributed by atoms with Crippen molar-refractivity contribution in [2.45, 2.75) is 13.0 Å². The Bertz CT molecular complexity index is 377. The largest absolute Gasteiger partial charge is 0.389 e. The Morgan fingerprint density at radius 1 is 1.41 bits per heavy atom. The molecule has 0 aromatic heterocycles. The fraction of sp³-hybridized carbons (Fsp3) is 0.455. The lowest BCUT2D eigenvalue weighted by Gasteiger charge is -2.14. The molecule has 1 unspecified atom stereocenters. The maximum absolute atomic E-state index is 9.58. The van der Waals surface area contributed by atoms with Gasteiger partial charge in [0.2, 0.25) is 0 Å². The first kappa shape index (κ1) is 15.1. The number of halogens is 3. The van der Waals surface area contributed by atoms with Crippen molar-refractivity contribution < 1.29 is 9.84 Å². The second kappa shape index (κ2) is 7.44. The normalized spacial score (nSPS) is 12.5. The van der Waals surface area contributed by atoms with Gasteiger partial charge >= 0.3 is 0 Å². The van der Waals surface area contributed by atoms with Crippen LogP contribution in [0.5, 0.6) is 0 Å². The van der Waals surface area contributed by atoms with Gasteiger partial charge in [0.15, 0.2) is 0 Å². The average Bonchev–Trinajstić information content (AvgIpc) is 2.32. The SMILES string of the molecule is CCOCC(O)CNc1ccc(Br)c(Cl)c1Cl. The molecule has 96 valence electrons. The quantitative estimate of drug-likeness (QED) is 0.776. The first-order valence-electron chi connectivity index (χ1n) is 5.19. The van der Waals surface area contributed by atoms with Gasteiger partial charge in [-0.15, -0.1) is 0 Å². The van der Waals surface area contributed by atoms with Gasteiger partial charge in [-0.3, -0.25) is 0 Å². The summed E-state index contributed by atoms with van der Waals surface area (Å²) in [5.74, 6) is 0. The third kappa shape index (κ3) is 4.64. The highest BCUT2D eigenvalue weighted by Gasteiger charge is 2.10. The van der Waals surface area contributed by atoms with Gasteiger partial charge < -0.3 is 15.2 Å². The van der Waals surface area contributed by atoms with Crippen molar-refractivity contribution in [1.29, 1.82) is 0 Å². The molecule has 1 atom stereocenters. The molecular formula is C11H14BrCl2NO2. The summed E-state index contributed by atoms with van der Waals surface area (Å²) in [6.07, 6.45) is -0.576. The topological polar surface area (TPSA) is 41.5 Å². The summed E-state index contributed by atoms with van der Waals surface area (Å²) in [6, 6.07) is 3.59. The van der Waals surface area contributed by atoms with E-state index in [0.717, 1.165) is 4.47 Å². The highest BCUT2D eigenvalue weighted by atomic mass is 79.9. The van der Waals surface area contributed by atoms with Crippen molar-refractivity contribution in [3.63, 3.8) is 0 Å². The van der Waals surface area contributed by atoms with Gasteiger partial charge in [-0.05, 0) is 35.0 Å². The monoisotopic (exact) mass is 341 g/mol. The van der Waals surface area contributed by atoms with Crippen LogP contribution in [0.1, 0.15) is 6.92 Å². The number of hydrogen-bond donors (Lipinski definition) is 2. The Morgan fingerprint density at radius 3 is 2.76 bits per heavy atom. The van der Waals surface area contributed by atoms with Crippen molar-refractivity contribution in [1.82, 2.24) is 0 Å². The molecule has 1 aromatic rings. The number of anilines is 1. The van der Waals surface area contributed by atoms with Crippen LogP contribution in [0.15, 0.2) is 16.6 Å². The first-order valence-corrected chi connectivity index (χ1v) is 6.74. The van der Waals surface area contributed by atoms with Crippen molar-refractivity contribution in [2.24, 2.45) is 0 Å². The molecule has 1 rings (SSSR count). The number of rotatable bonds is 6. The summed E-state index contributed by atoms with van der Waals surface area (Å²) in [5.41, 5.74) is 0.690. The third-order valence-electron chi connectivity index (χ3n) is 2.08. The van der Waals surface area contributed by atoms with Gasteiger partial charge in [0, 0.05) is 17.6 Å². The molecule has 6 heteroatoms. The van der Waals surface area contributed by atoms with Gasteiger partial charge in [-0.1, -0.05) is 23.2 Å². The molecule has 2 N–H and O–H groups in total. The molecule has 0 fully saturated rings. The second-order valence-electron chi connectivity index (χ2n) is 3.42. The highest BCUT2D eigenvalue weighted by molar-refractivity contribution is 9.10. The number of hydrogen-bond acceptors (Lipinski definition) is 3. The maximum Gasteiger partial charge on any atom is 0.0945 e. The van der Waals surface area contributed by atoms with Crippen LogP contribution in [-0.4, -0.2) is 31.0 Å².